The van der Waals surface area contributed by atoms with Gasteiger partial charge < -0.3 is 18.7 Å². The van der Waals surface area contributed by atoms with Gasteiger partial charge in [-0.2, -0.15) is 4.98 Å². The number of nitrogens with zero attached hydrogens (tertiary/aromatic N) is 2. The van der Waals surface area contributed by atoms with Gasteiger partial charge in [-0.25, -0.2) is 4.39 Å². The van der Waals surface area contributed by atoms with Crippen LogP contribution in [0.3, 0.4) is 0 Å². The Hall–Kier alpha value is -3.63. The summed E-state index contributed by atoms with van der Waals surface area (Å²) < 4.78 is 35.0. The average Bonchev–Trinajstić information content (AvgIpc) is 3.35. The van der Waals surface area contributed by atoms with E-state index in [0.29, 0.717) is 18.4 Å². The Morgan fingerprint density at radius 1 is 1.13 bits per heavy atom. The van der Waals surface area contributed by atoms with E-state index in [2.05, 4.69) is 10.1 Å². The zero-order chi connectivity index (χ0) is 27.4. The molecule has 1 aromatic heterocycles. The molecule has 7 atom stereocenters. The van der Waals surface area contributed by atoms with Crippen molar-refractivity contribution in [1.29, 1.82) is 0 Å². The van der Waals surface area contributed by atoms with Gasteiger partial charge in [-0.1, -0.05) is 19.0 Å². The molecule has 3 fully saturated rings. The van der Waals surface area contributed by atoms with Crippen molar-refractivity contribution in [1.82, 2.24) is 10.1 Å². The maximum atomic E-state index is 13.9. The maximum Gasteiger partial charge on any atom is 0.310 e. The second-order valence-corrected chi connectivity index (χ2v) is 10.9. The van der Waals surface area contributed by atoms with Crippen molar-refractivity contribution < 1.29 is 42.3 Å². The Labute approximate surface area is 218 Å². The fourth-order valence-corrected chi connectivity index (χ4v) is 7.04. The molecule has 0 spiro atoms. The molecule has 38 heavy (non-hydrogen) atoms. The number of ether oxygens (including phenoxy) is 3. The molecule has 2 heterocycles. The number of hydrogen-bond acceptors (Lipinski definition) is 10. The monoisotopic (exact) mass is 528 g/mol. The number of benzene rings is 1. The number of halogens is 1. The van der Waals surface area contributed by atoms with Gasteiger partial charge in [-0.3, -0.25) is 19.2 Å². The first-order valence-electron chi connectivity index (χ1n) is 12.6. The Bertz CT molecular complexity index is 1290. The Morgan fingerprint density at radius 3 is 2.50 bits per heavy atom. The first kappa shape index (κ1) is 26.0. The van der Waals surface area contributed by atoms with Crippen LogP contribution in [0.1, 0.15) is 58.4 Å². The lowest BCUT2D eigenvalue weighted by Gasteiger charge is -2.60. The number of hydrogen-bond donors (Lipinski definition) is 0. The standard InChI is InChI=1S/C27H29FN2O8/c1-13(31)36-18-11-17(24(33)35-4)26(2)10-9-16-25(34)37-19(12-27(16,3)21(26)20(18)32)23-29-22(30-38-23)14-5-7-15(28)8-6-14/h5-8,16-19,21H,9-12H2,1-4H3/t16-,17-,18-,19-,21-,26-,27-/m0/s1. The van der Waals surface area contributed by atoms with Gasteiger partial charge in [0.2, 0.25) is 5.82 Å². The van der Waals surface area contributed by atoms with Crippen molar-refractivity contribution in [2.24, 2.45) is 28.6 Å². The van der Waals surface area contributed by atoms with Crippen LogP contribution in [0.25, 0.3) is 11.4 Å². The summed E-state index contributed by atoms with van der Waals surface area (Å²) >= 11 is 0. The number of esters is 3. The van der Waals surface area contributed by atoms with Gasteiger partial charge in [0, 0.05) is 31.2 Å². The number of aromatic nitrogens is 2. The number of methoxy groups -OCH3 is 1. The Morgan fingerprint density at radius 2 is 1.84 bits per heavy atom. The van der Waals surface area contributed by atoms with E-state index in [1.807, 2.05) is 13.8 Å². The molecule has 2 aliphatic carbocycles. The molecule has 0 bridgehead atoms. The molecule has 1 aliphatic heterocycles. The van der Waals surface area contributed by atoms with Crippen LogP contribution in [0.2, 0.25) is 0 Å². The molecule has 2 saturated carbocycles. The summed E-state index contributed by atoms with van der Waals surface area (Å²) in [7, 11) is 1.29. The maximum absolute atomic E-state index is 13.9. The van der Waals surface area contributed by atoms with Crippen LogP contribution in [0.4, 0.5) is 4.39 Å². The number of fused-ring (bicyclic) bond motifs is 3. The summed E-state index contributed by atoms with van der Waals surface area (Å²) in [6.07, 6.45) is -1.02. The third-order valence-electron chi connectivity index (χ3n) is 8.72. The first-order valence-corrected chi connectivity index (χ1v) is 12.6. The Kier molecular flexibility index (Phi) is 6.35. The van der Waals surface area contributed by atoms with Gasteiger partial charge in [-0.05, 0) is 47.9 Å². The topological polar surface area (TPSA) is 135 Å². The van der Waals surface area contributed by atoms with E-state index in [0.717, 1.165) is 0 Å². The van der Waals surface area contributed by atoms with E-state index in [-0.39, 0.29) is 30.3 Å². The lowest BCUT2D eigenvalue weighted by Crippen LogP contribution is -2.64. The van der Waals surface area contributed by atoms with Crippen LogP contribution in [0.5, 0.6) is 0 Å². The fraction of sp³-hybridized carbons (Fsp3) is 0.556. The van der Waals surface area contributed by atoms with Gasteiger partial charge in [0.15, 0.2) is 18.0 Å². The SMILES string of the molecule is COC(=O)[C@@H]1C[C@H](OC(C)=O)C(=O)[C@H]2[C@@]1(C)CC[C@H]1C(=O)O[C@H](c3nc(-c4ccc(F)cc4)no3)C[C@]21C. The normalized spacial score (nSPS) is 34.5. The van der Waals surface area contributed by atoms with Crippen LogP contribution in [0.15, 0.2) is 28.8 Å². The highest BCUT2D eigenvalue weighted by atomic mass is 19.1. The molecule has 10 nitrogen and oxygen atoms in total. The van der Waals surface area contributed by atoms with E-state index >= 15 is 0 Å². The number of Topliss-reactive ketones (excluding diaryl/α,β-unsaturated/α-hetero) is 1. The minimum atomic E-state index is -1.13. The molecular weight excluding hydrogens is 499 g/mol. The highest BCUT2D eigenvalue weighted by Crippen LogP contribution is 2.65. The number of cyclic esters (lactones) is 1. The summed E-state index contributed by atoms with van der Waals surface area (Å²) in [5, 5.41) is 3.96. The van der Waals surface area contributed by atoms with Gasteiger partial charge in [0.1, 0.15) is 5.82 Å². The third-order valence-corrected chi connectivity index (χ3v) is 8.72. The van der Waals surface area contributed by atoms with Crippen LogP contribution in [-0.2, 0) is 33.4 Å². The van der Waals surface area contributed by atoms with Crippen LogP contribution in [0, 0.1) is 34.4 Å². The highest BCUT2D eigenvalue weighted by molar-refractivity contribution is 5.93. The van der Waals surface area contributed by atoms with Crippen LogP contribution in [-0.4, -0.2) is 47.0 Å². The number of rotatable bonds is 4. The third kappa shape index (κ3) is 4.08. The fourth-order valence-electron chi connectivity index (χ4n) is 7.04. The van der Waals surface area contributed by atoms with Crippen molar-refractivity contribution in [2.75, 3.05) is 7.11 Å². The van der Waals surface area contributed by atoms with E-state index < -0.39 is 64.5 Å². The lowest BCUT2D eigenvalue weighted by atomic mass is 9.43. The zero-order valence-corrected chi connectivity index (χ0v) is 21.6. The summed E-state index contributed by atoms with van der Waals surface area (Å²) in [6.45, 7) is 4.92. The van der Waals surface area contributed by atoms with Crippen LogP contribution >= 0.6 is 0 Å². The van der Waals surface area contributed by atoms with Gasteiger partial charge in [0.25, 0.3) is 5.89 Å². The van der Waals surface area contributed by atoms with E-state index in [1.54, 1.807) is 0 Å². The largest absolute Gasteiger partial charge is 0.469 e. The molecule has 202 valence electrons. The smallest absolute Gasteiger partial charge is 0.310 e. The van der Waals surface area contributed by atoms with Gasteiger partial charge in [0.05, 0.1) is 18.9 Å². The average molecular weight is 529 g/mol. The second kappa shape index (κ2) is 9.28. The molecule has 0 N–H and O–H groups in total. The Balaban J connectivity index is 1.52. The van der Waals surface area contributed by atoms with E-state index in [1.165, 1.54) is 38.3 Å². The van der Waals surface area contributed by atoms with Crippen molar-refractivity contribution in [3.63, 3.8) is 0 Å². The van der Waals surface area contributed by atoms with Crippen molar-refractivity contribution >= 4 is 23.7 Å². The van der Waals surface area contributed by atoms with Crippen molar-refractivity contribution in [3.8, 4) is 11.4 Å². The summed E-state index contributed by atoms with van der Waals surface area (Å²) in [5.41, 5.74) is -1.27. The minimum absolute atomic E-state index is 0.0252. The molecule has 0 radical (unpaired) electrons. The number of carbonyl (C=O) groups is 4. The molecule has 2 aromatic rings. The molecule has 3 aliphatic rings. The second-order valence-electron chi connectivity index (χ2n) is 10.9. The van der Waals surface area contributed by atoms with E-state index in [9.17, 15) is 23.6 Å². The molecule has 5 rings (SSSR count). The quantitative estimate of drug-likeness (QED) is 0.428. The molecule has 0 amide bonds. The van der Waals surface area contributed by atoms with Gasteiger partial charge in [-0.15, -0.1) is 0 Å². The molecule has 11 heteroatoms. The molecular formula is C27H29FN2O8. The van der Waals surface area contributed by atoms with Crippen molar-refractivity contribution in [3.05, 3.63) is 36.0 Å². The van der Waals surface area contributed by atoms with Crippen molar-refractivity contribution in [2.45, 2.75) is 58.7 Å². The number of ketones is 1. The molecule has 0 unspecified atom stereocenters. The van der Waals surface area contributed by atoms with E-state index in [4.69, 9.17) is 18.7 Å². The van der Waals surface area contributed by atoms with Gasteiger partial charge >= 0.3 is 17.9 Å². The zero-order valence-electron chi connectivity index (χ0n) is 21.6. The summed E-state index contributed by atoms with van der Waals surface area (Å²) in [6, 6.07) is 5.55. The molecule has 1 aromatic carbocycles. The summed E-state index contributed by atoms with van der Waals surface area (Å²) in [5.74, 6) is -4.21. The van der Waals surface area contributed by atoms with Crippen LogP contribution < -0.4 is 0 Å². The molecule has 1 saturated heterocycles. The lowest BCUT2D eigenvalue weighted by molar-refractivity contribution is -0.211. The minimum Gasteiger partial charge on any atom is -0.469 e. The number of carbonyl (C=O) groups excluding carboxylic acids is 4. The summed E-state index contributed by atoms with van der Waals surface area (Å²) in [4.78, 5) is 56.3. The predicted molar refractivity (Wildman–Crippen MR) is 126 cm³/mol. The first-order chi connectivity index (χ1) is 18.0. The predicted octanol–water partition coefficient (Wildman–Crippen LogP) is 3.60. The highest BCUT2D eigenvalue weighted by Gasteiger charge is 2.68.